The Morgan fingerprint density at radius 2 is 2.19 bits per heavy atom. The van der Waals surface area contributed by atoms with Crippen LogP contribution < -0.4 is 5.32 Å². The third-order valence-corrected chi connectivity index (χ3v) is 2.79. The van der Waals surface area contributed by atoms with Crippen molar-refractivity contribution >= 4 is 11.9 Å². The average Bonchev–Trinajstić information content (AvgIpc) is 3.09. The number of carbonyl (C=O) groups excluding carboxylic acids is 1. The van der Waals surface area contributed by atoms with Crippen LogP contribution in [0, 0.1) is 0 Å². The van der Waals surface area contributed by atoms with Gasteiger partial charge in [0.1, 0.15) is 6.54 Å². The Kier molecular flexibility index (Phi) is 5.02. The Bertz CT molecular complexity index is 592. The molecule has 0 aromatic carbocycles. The summed E-state index contributed by atoms with van der Waals surface area (Å²) in [6.07, 6.45) is 8.38. The summed E-state index contributed by atoms with van der Waals surface area (Å²) >= 11 is 0. The highest BCUT2D eigenvalue weighted by atomic mass is 16.4. The Morgan fingerprint density at radius 1 is 1.33 bits per heavy atom. The number of carboxylic acids is 1. The molecule has 9 heteroatoms. The lowest BCUT2D eigenvalue weighted by Gasteiger charge is -2.05. The van der Waals surface area contributed by atoms with Gasteiger partial charge in [-0.2, -0.15) is 0 Å². The predicted octanol–water partition coefficient (Wildman–Crippen LogP) is -0.231. The van der Waals surface area contributed by atoms with E-state index in [4.69, 9.17) is 5.11 Å². The quantitative estimate of drug-likeness (QED) is 0.649. The number of unbranched alkanes of at least 4 members (excludes halogenated alkanes) is 1. The van der Waals surface area contributed by atoms with Crippen molar-refractivity contribution in [3.05, 3.63) is 30.6 Å². The highest BCUT2D eigenvalue weighted by Crippen LogP contribution is 1.95. The molecule has 0 fully saturated rings. The van der Waals surface area contributed by atoms with Crippen molar-refractivity contribution in [2.75, 3.05) is 6.54 Å². The van der Waals surface area contributed by atoms with Crippen LogP contribution in [0.4, 0.5) is 0 Å². The molecule has 0 radical (unpaired) electrons. The number of aromatic carboxylic acids is 1. The first kappa shape index (κ1) is 14.7. The van der Waals surface area contributed by atoms with Gasteiger partial charge in [-0.05, 0) is 12.8 Å². The van der Waals surface area contributed by atoms with Gasteiger partial charge in [0.2, 0.25) is 5.91 Å². The van der Waals surface area contributed by atoms with Crippen LogP contribution in [0.25, 0.3) is 0 Å². The third kappa shape index (κ3) is 4.71. The molecule has 0 aliphatic carbocycles. The molecule has 0 saturated heterocycles. The molecular formula is C12H16N6O3. The fourth-order valence-corrected chi connectivity index (χ4v) is 1.74. The Labute approximate surface area is 120 Å². The van der Waals surface area contributed by atoms with Gasteiger partial charge in [-0.1, -0.05) is 5.21 Å². The lowest BCUT2D eigenvalue weighted by molar-refractivity contribution is -0.121. The molecule has 2 rings (SSSR count). The number of nitrogens with zero attached hydrogens (tertiary/aromatic N) is 5. The van der Waals surface area contributed by atoms with E-state index in [9.17, 15) is 9.59 Å². The monoisotopic (exact) mass is 292 g/mol. The second-order valence-corrected chi connectivity index (χ2v) is 4.46. The molecule has 21 heavy (non-hydrogen) atoms. The van der Waals surface area contributed by atoms with Crippen molar-refractivity contribution in [1.82, 2.24) is 29.9 Å². The smallest absolute Gasteiger partial charge is 0.358 e. The average molecular weight is 292 g/mol. The van der Waals surface area contributed by atoms with Gasteiger partial charge >= 0.3 is 5.97 Å². The van der Waals surface area contributed by atoms with E-state index in [1.165, 1.54) is 10.9 Å². The summed E-state index contributed by atoms with van der Waals surface area (Å²) in [5.74, 6) is -1.39. The first-order valence-corrected chi connectivity index (χ1v) is 6.51. The van der Waals surface area contributed by atoms with Crippen molar-refractivity contribution in [3.63, 3.8) is 0 Å². The number of nitrogens with one attached hydrogen (secondary N) is 1. The highest BCUT2D eigenvalue weighted by molar-refractivity contribution is 5.84. The van der Waals surface area contributed by atoms with Gasteiger partial charge in [0.15, 0.2) is 5.69 Å². The molecule has 2 N–H and O–H groups in total. The van der Waals surface area contributed by atoms with Gasteiger partial charge in [0.05, 0.1) is 12.5 Å². The van der Waals surface area contributed by atoms with Crippen molar-refractivity contribution in [2.45, 2.75) is 25.9 Å². The summed E-state index contributed by atoms with van der Waals surface area (Å²) in [6.45, 7) is 1.39. The van der Waals surface area contributed by atoms with Crippen LogP contribution in [0.3, 0.4) is 0 Å². The van der Waals surface area contributed by atoms with Gasteiger partial charge in [-0.25, -0.2) is 14.5 Å². The predicted molar refractivity (Wildman–Crippen MR) is 71.5 cm³/mol. The minimum absolute atomic E-state index is 0.0399. The molecule has 112 valence electrons. The van der Waals surface area contributed by atoms with Gasteiger partial charge in [0, 0.05) is 25.5 Å². The molecular weight excluding hydrogens is 276 g/mol. The molecule has 0 aliphatic rings. The molecule has 0 spiro atoms. The van der Waals surface area contributed by atoms with Gasteiger partial charge in [-0.15, -0.1) is 5.10 Å². The second-order valence-electron chi connectivity index (χ2n) is 4.46. The summed E-state index contributed by atoms with van der Waals surface area (Å²) in [6, 6.07) is 0. The summed E-state index contributed by atoms with van der Waals surface area (Å²) in [4.78, 5) is 26.2. The lowest BCUT2D eigenvalue weighted by atomic mass is 10.3. The maximum Gasteiger partial charge on any atom is 0.358 e. The molecule has 1 amide bonds. The number of imidazole rings is 1. The zero-order chi connectivity index (χ0) is 15.1. The number of hydrogen-bond donors (Lipinski definition) is 2. The van der Waals surface area contributed by atoms with E-state index >= 15 is 0 Å². The van der Waals surface area contributed by atoms with Crippen molar-refractivity contribution in [3.8, 4) is 0 Å². The van der Waals surface area contributed by atoms with E-state index in [1.54, 1.807) is 12.5 Å². The standard InChI is InChI=1S/C12H16N6O3/c19-11(8-18-7-10(12(20)21)15-16-18)14-3-1-2-5-17-6-4-13-9-17/h4,6-7,9H,1-3,5,8H2,(H,14,19)(H,20,21). The minimum Gasteiger partial charge on any atom is -0.476 e. The largest absolute Gasteiger partial charge is 0.476 e. The number of carbonyl (C=O) groups is 2. The van der Waals surface area contributed by atoms with Crippen LogP contribution in [-0.2, 0) is 17.9 Å². The number of rotatable bonds is 8. The molecule has 9 nitrogen and oxygen atoms in total. The maximum absolute atomic E-state index is 11.6. The molecule has 2 heterocycles. The van der Waals surface area contributed by atoms with Crippen molar-refractivity contribution in [1.29, 1.82) is 0 Å². The lowest BCUT2D eigenvalue weighted by Crippen LogP contribution is -2.28. The Morgan fingerprint density at radius 3 is 2.86 bits per heavy atom. The van der Waals surface area contributed by atoms with E-state index in [0.29, 0.717) is 6.54 Å². The van der Waals surface area contributed by atoms with E-state index in [2.05, 4.69) is 20.6 Å². The molecule has 2 aromatic rings. The van der Waals surface area contributed by atoms with Crippen LogP contribution in [-0.4, -0.2) is 48.1 Å². The van der Waals surface area contributed by atoms with Crippen LogP contribution in [0.15, 0.2) is 24.9 Å². The first-order valence-electron chi connectivity index (χ1n) is 6.51. The molecule has 0 saturated carbocycles. The van der Waals surface area contributed by atoms with Crippen LogP contribution in [0.5, 0.6) is 0 Å². The molecule has 0 atom stereocenters. The molecule has 0 bridgehead atoms. The highest BCUT2D eigenvalue weighted by Gasteiger charge is 2.10. The SMILES string of the molecule is O=C(Cn1cc(C(=O)O)nn1)NCCCCn1ccnc1. The van der Waals surface area contributed by atoms with E-state index in [1.807, 2.05) is 10.8 Å². The van der Waals surface area contributed by atoms with E-state index in [-0.39, 0.29) is 18.1 Å². The number of aryl methyl sites for hydroxylation is 1. The van der Waals surface area contributed by atoms with E-state index in [0.717, 1.165) is 19.4 Å². The zero-order valence-electron chi connectivity index (χ0n) is 11.3. The fraction of sp³-hybridized carbons (Fsp3) is 0.417. The number of aromatic nitrogens is 5. The van der Waals surface area contributed by atoms with Gasteiger partial charge < -0.3 is 15.0 Å². The maximum atomic E-state index is 11.6. The van der Waals surface area contributed by atoms with Crippen LogP contribution >= 0.6 is 0 Å². The number of carboxylic acid groups (broad SMARTS) is 1. The number of amides is 1. The van der Waals surface area contributed by atoms with Crippen molar-refractivity contribution in [2.24, 2.45) is 0 Å². The van der Waals surface area contributed by atoms with Crippen LogP contribution in [0.2, 0.25) is 0 Å². The summed E-state index contributed by atoms with van der Waals surface area (Å²) in [5.41, 5.74) is -0.178. The number of hydrogen-bond acceptors (Lipinski definition) is 5. The van der Waals surface area contributed by atoms with Crippen molar-refractivity contribution < 1.29 is 14.7 Å². The van der Waals surface area contributed by atoms with Gasteiger partial charge in [0.25, 0.3) is 0 Å². The van der Waals surface area contributed by atoms with Crippen LogP contribution in [0.1, 0.15) is 23.3 Å². The summed E-state index contributed by atoms with van der Waals surface area (Å²) in [7, 11) is 0. The third-order valence-electron chi connectivity index (χ3n) is 2.79. The summed E-state index contributed by atoms with van der Waals surface area (Å²) in [5, 5.41) is 18.4. The Hall–Kier alpha value is -2.71. The normalized spacial score (nSPS) is 10.5. The van der Waals surface area contributed by atoms with Gasteiger partial charge in [-0.3, -0.25) is 4.79 Å². The van der Waals surface area contributed by atoms with E-state index < -0.39 is 5.97 Å². The topological polar surface area (TPSA) is 115 Å². The fourth-order valence-electron chi connectivity index (χ4n) is 1.74. The minimum atomic E-state index is -1.17. The summed E-state index contributed by atoms with van der Waals surface area (Å²) < 4.78 is 3.18. The zero-order valence-corrected chi connectivity index (χ0v) is 11.3. The first-order chi connectivity index (χ1) is 10.1. The molecule has 0 aliphatic heterocycles. The molecule has 2 aromatic heterocycles. The second kappa shape index (κ2) is 7.17. The Balaban J connectivity index is 1.61. The molecule has 0 unspecified atom stereocenters.